The van der Waals surface area contributed by atoms with E-state index in [4.69, 9.17) is 19.2 Å². The van der Waals surface area contributed by atoms with Crippen molar-refractivity contribution in [2.24, 2.45) is 4.99 Å². The second-order valence-electron chi connectivity index (χ2n) is 6.09. The van der Waals surface area contributed by atoms with Crippen molar-refractivity contribution in [1.29, 1.82) is 0 Å². The second kappa shape index (κ2) is 12.4. The summed E-state index contributed by atoms with van der Waals surface area (Å²) in [4.78, 5) is 6.90. The van der Waals surface area contributed by atoms with E-state index in [1.807, 2.05) is 12.1 Å². The highest BCUT2D eigenvalue weighted by molar-refractivity contribution is 5.79. The van der Waals surface area contributed by atoms with Crippen molar-refractivity contribution in [2.45, 2.75) is 19.4 Å². The molecule has 0 saturated heterocycles. The molecule has 0 aliphatic rings. The molecule has 7 nitrogen and oxygen atoms in total. The van der Waals surface area contributed by atoms with Gasteiger partial charge in [0.05, 0.1) is 26.8 Å². The molecule has 1 aromatic carbocycles. The van der Waals surface area contributed by atoms with Gasteiger partial charge in [0.25, 0.3) is 0 Å². The van der Waals surface area contributed by atoms with E-state index in [9.17, 15) is 0 Å². The molecule has 0 aromatic heterocycles. The molecular formula is C19H34N4O3. The van der Waals surface area contributed by atoms with E-state index < -0.39 is 0 Å². The predicted octanol–water partition coefficient (Wildman–Crippen LogP) is 1.90. The van der Waals surface area contributed by atoms with Gasteiger partial charge in [0, 0.05) is 26.8 Å². The van der Waals surface area contributed by atoms with Crippen LogP contribution in [-0.2, 0) is 4.74 Å². The van der Waals surface area contributed by atoms with E-state index in [2.05, 4.69) is 42.6 Å². The van der Waals surface area contributed by atoms with Crippen LogP contribution in [0.25, 0.3) is 0 Å². The maximum atomic E-state index is 5.43. The number of likely N-dealkylation sites (N-methyl/N-ethyl adjacent to an activating group) is 1. The molecule has 0 saturated carbocycles. The van der Waals surface area contributed by atoms with E-state index in [0.29, 0.717) is 6.54 Å². The standard InChI is InChI=1S/C19H34N4O3/c1-7-20-19(21-11-8-12-24-4)22-14-16(23(2)3)15-9-10-17(25-5)18(13-15)26-6/h9-10,13,16H,7-8,11-12,14H2,1-6H3,(H2,20,21,22). The molecule has 0 bridgehead atoms. The van der Waals surface area contributed by atoms with E-state index in [-0.39, 0.29) is 6.04 Å². The van der Waals surface area contributed by atoms with Gasteiger partial charge in [-0.05, 0) is 45.1 Å². The highest BCUT2D eigenvalue weighted by atomic mass is 16.5. The molecule has 0 amide bonds. The Morgan fingerprint density at radius 2 is 1.85 bits per heavy atom. The fourth-order valence-electron chi connectivity index (χ4n) is 2.57. The third-order valence-corrected chi connectivity index (χ3v) is 4.00. The lowest BCUT2D eigenvalue weighted by atomic mass is 10.1. The van der Waals surface area contributed by atoms with Gasteiger partial charge >= 0.3 is 0 Å². The molecule has 0 aliphatic carbocycles. The average Bonchev–Trinajstić information content (AvgIpc) is 2.64. The molecule has 148 valence electrons. The first-order chi connectivity index (χ1) is 12.6. The lowest BCUT2D eigenvalue weighted by Gasteiger charge is -2.24. The quantitative estimate of drug-likeness (QED) is 0.354. The van der Waals surface area contributed by atoms with Gasteiger partial charge in [-0.2, -0.15) is 0 Å². The van der Waals surface area contributed by atoms with Crippen LogP contribution in [0.15, 0.2) is 23.2 Å². The number of benzene rings is 1. The minimum absolute atomic E-state index is 0.129. The van der Waals surface area contributed by atoms with Crippen molar-refractivity contribution >= 4 is 5.96 Å². The van der Waals surface area contributed by atoms with Gasteiger partial charge in [-0.25, -0.2) is 0 Å². The van der Waals surface area contributed by atoms with Crippen LogP contribution in [0.2, 0.25) is 0 Å². The number of hydrogen-bond acceptors (Lipinski definition) is 5. The van der Waals surface area contributed by atoms with Crippen molar-refractivity contribution in [3.63, 3.8) is 0 Å². The van der Waals surface area contributed by atoms with E-state index >= 15 is 0 Å². The predicted molar refractivity (Wildman–Crippen MR) is 106 cm³/mol. The maximum absolute atomic E-state index is 5.43. The van der Waals surface area contributed by atoms with Gasteiger partial charge in [-0.15, -0.1) is 0 Å². The Morgan fingerprint density at radius 1 is 1.12 bits per heavy atom. The number of aliphatic imine (C=N–C) groups is 1. The number of nitrogens with one attached hydrogen (secondary N) is 2. The topological polar surface area (TPSA) is 67.4 Å². The van der Waals surface area contributed by atoms with Gasteiger partial charge in [0.2, 0.25) is 0 Å². The van der Waals surface area contributed by atoms with Gasteiger partial charge in [0.1, 0.15) is 0 Å². The summed E-state index contributed by atoms with van der Waals surface area (Å²) in [5.74, 6) is 2.27. The van der Waals surface area contributed by atoms with Crippen LogP contribution >= 0.6 is 0 Å². The summed E-state index contributed by atoms with van der Waals surface area (Å²) in [6, 6.07) is 6.13. The maximum Gasteiger partial charge on any atom is 0.191 e. The first kappa shape index (κ1) is 22.1. The number of nitrogens with zero attached hydrogens (tertiary/aromatic N) is 2. The molecule has 0 aliphatic heterocycles. The lowest BCUT2D eigenvalue weighted by Crippen LogP contribution is -2.38. The van der Waals surface area contributed by atoms with E-state index in [1.54, 1.807) is 21.3 Å². The normalized spacial score (nSPS) is 12.8. The van der Waals surface area contributed by atoms with Crippen LogP contribution in [0.3, 0.4) is 0 Å². The number of rotatable bonds is 11. The monoisotopic (exact) mass is 366 g/mol. The molecule has 1 unspecified atom stereocenters. The summed E-state index contributed by atoms with van der Waals surface area (Å²) >= 11 is 0. The van der Waals surface area contributed by atoms with Crippen LogP contribution in [0.5, 0.6) is 11.5 Å². The summed E-state index contributed by atoms with van der Waals surface area (Å²) in [6.07, 6.45) is 0.938. The number of ether oxygens (including phenoxy) is 3. The molecule has 1 atom stereocenters. The number of guanidine groups is 1. The first-order valence-electron chi connectivity index (χ1n) is 8.96. The Balaban J connectivity index is 2.88. The van der Waals surface area contributed by atoms with Crippen LogP contribution < -0.4 is 20.1 Å². The molecule has 7 heteroatoms. The molecule has 0 heterocycles. The summed E-state index contributed by atoms with van der Waals surface area (Å²) in [5, 5.41) is 6.62. The van der Waals surface area contributed by atoms with Crippen LogP contribution in [-0.4, -0.2) is 72.5 Å². The van der Waals surface area contributed by atoms with Crippen molar-refractivity contribution in [1.82, 2.24) is 15.5 Å². The summed E-state index contributed by atoms with van der Waals surface area (Å²) in [7, 11) is 9.11. The lowest BCUT2D eigenvalue weighted by molar-refractivity contribution is 0.195. The average molecular weight is 367 g/mol. The minimum atomic E-state index is 0.129. The third-order valence-electron chi connectivity index (χ3n) is 4.00. The van der Waals surface area contributed by atoms with Crippen LogP contribution in [0.1, 0.15) is 24.9 Å². The SMILES string of the molecule is CCNC(=NCC(c1ccc(OC)c(OC)c1)N(C)C)NCCCOC. The molecule has 0 radical (unpaired) electrons. The fourth-order valence-corrected chi connectivity index (χ4v) is 2.57. The zero-order valence-corrected chi connectivity index (χ0v) is 17.0. The Kier molecular flexibility index (Phi) is 10.5. The van der Waals surface area contributed by atoms with Crippen molar-refractivity contribution in [2.75, 3.05) is 61.7 Å². The van der Waals surface area contributed by atoms with Gasteiger partial charge in [-0.1, -0.05) is 6.07 Å². The molecule has 0 spiro atoms. The van der Waals surface area contributed by atoms with Crippen molar-refractivity contribution in [3.8, 4) is 11.5 Å². The first-order valence-corrected chi connectivity index (χ1v) is 8.96. The highest BCUT2D eigenvalue weighted by Gasteiger charge is 2.16. The molecular weight excluding hydrogens is 332 g/mol. The van der Waals surface area contributed by atoms with Gasteiger partial charge < -0.3 is 29.7 Å². The van der Waals surface area contributed by atoms with Crippen molar-refractivity contribution in [3.05, 3.63) is 23.8 Å². The Hall–Kier alpha value is -1.99. The van der Waals surface area contributed by atoms with E-state index in [0.717, 1.165) is 49.1 Å². The minimum Gasteiger partial charge on any atom is -0.493 e. The van der Waals surface area contributed by atoms with Gasteiger partial charge in [0.15, 0.2) is 17.5 Å². The van der Waals surface area contributed by atoms with Crippen molar-refractivity contribution < 1.29 is 14.2 Å². The largest absolute Gasteiger partial charge is 0.493 e. The molecule has 0 fully saturated rings. The smallest absolute Gasteiger partial charge is 0.191 e. The summed E-state index contributed by atoms with van der Waals surface area (Å²) < 4.78 is 15.8. The van der Waals surface area contributed by atoms with Crippen LogP contribution in [0, 0.1) is 0 Å². The Labute approximate surface area is 157 Å². The molecule has 26 heavy (non-hydrogen) atoms. The number of hydrogen-bond donors (Lipinski definition) is 2. The second-order valence-corrected chi connectivity index (χ2v) is 6.09. The third kappa shape index (κ3) is 7.09. The molecule has 2 N–H and O–H groups in total. The summed E-state index contributed by atoms with van der Waals surface area (Å²) in [6.45, 7) is 5.06. The Bertz CT molecular complexity index is 550. The zero-order chi connectivity index (χ0) is 19.4. The highest BCUT2D eigenvalue weighted by Crippen LogP contribution is 2.31. The zero-order valence-electron chi connectivity index (χ0n) is 17.0. The van der Waals surface area contributed by atoms with E-state index in [1.165, 1.54) is 0 Å². The molecule has 1 rings (SSSR count). The number of methoxy groups -OCH3 is 3. The van der Waals surface area contributed by atoms with Crippen LogP contribution in [0.4, 0.5) is 0 Å². The summed E-state index contributed by atoms with van der Waals surface area (Å²) in [5.41, 5.74) is 1.13. The fraction of sp³-hybridized carbons (Fsp3) is 0.632. The Morgan fingerprint density at radius 3 is 2.42 bits per heavy atom. The molecule has 1 aromatic rings. The van der Waals surface area contributed by atoms with Gasteiger partial charge in [-0.3, -0.25) is 4.99 Å².